The number of rotatable bonds is 7. The largest absolute Gasteiger partial charge is 0.494 e. The fraction of sp³-hybridized carbons (Fsp3) is 0.533. The van der Waals surface area contributed by atoms with Crippen molar-refractivity contribution >= 4 is 28.8 Å². The van der Waals surface area contributed by atoms with E-state index in [1.807, 2.05) is 53.2 Å². The molecular formula is C15H22IN3O2. The Morgan fingerprint density at radius 3 is 2.48 bits per heavy atom. The van der Waals surface area contributed by atoms with Gasteiger partial charge in [-0.15, -0.1) is 0 Å². The van der Waals surface area contributed by atoms with Gasteiger partial charge in [0.25, 0.3) is 0 Å². The van der Waals surface area contributed by atoms with Crippen LogP contribution in [0.25, 0.3) is 0 Å². The summed E-state index contributed by atoms with van der Waals surface area (Å²) in [4.78, 5) is 16.0. The lowest BCUT2D eigenvalue weighted by Crippen LogP contribution is -2.49. The standard InChI is InChI=1S/C15H22IN3O2/c16-17-15(20)13-19-10-8-18(9-11-19)7-4-12-21-14-5-2-1-3-6-14/h1-3,5-6H,4,7-13H2,(H,17,20). The molecule has 1 aliphatic heterocycles. The molecule has 2 rings (SSSR count). The second-order valence-corrected chi connectivity index (χ2v) is 5.69. The zero-order valence-electron chi connectivity index (χ0n) is 12.1. The van der Waals surface area contributed by atoms with Crippen molar-refractivity contribution in [3.63, 3.8) is 0 Å². The van der Waals surface area contributed by atoms with E-state index in [1.165, 1.54) is 0 Å². The molecule has 0 spiro atoms. The van der Waals surface area contributed by atoms with Crippen LogP contribution in [0.2, 0.25) is 0 Å². The molecule has 0 aliphatic carbocycles. The summed E-state index contributed by atoms with van der Waals surface area (Å²) in [5.74, 6) is 1.02. The predicted octanol–water partition coefficient (Wildman–Crippen LogP) is 1.54. The molecule has 1 aromatic rings. The Balaban J connectivity index is 1.56. The topological polar surface area (TPSA) is 44.8 Å². The number of hydrogen-bond acceptors (Lipinski definition) is 4. The normalized spacial score (nSPS) is 16.6. The summed E-state index contributed by atoms with van der Waals surface area (Å²) in [5, 5.41) is 0. The van der Waals surface area contributed by atoms with E-state index in [4.69, 9.17) is 4.74 Å². The summed E-state index contributed by atoms with van der Waals surface area (Å²) in [7, 11) is 0. The van der Waals surface area contributed by atoms with Crippen LogP contribution in [-0.4, -0.2) is 61.6 Å². The minimum atomic E-state index is 0.0836. The van der Waals surface area contributed by atoms with Crippen molar-refractivity contribution in [2.75, 3.05) is 45.9 Å². The molecule has 1 aliphatic rings. The van der Waals surface area contributed by atoms with Crippen molar-refractivity contribution < 1.29 is 9.53 Å². The number of hydrogen-bond donors (Lipinski definition) is 1. The third kappa shape index (κ3) is 6.19. The summed E-state index contributed by atoms with van der Waals surface area (Å²) in [6, 6.07) is 9.93. The van der Waals surface area contributed by atoms with E-state index in [0.717, 1.165) is 51.5 Å². The molecule has 0 radical (unpaired) electrons. The Morgan fingerprint density at radius 2 is 1.81 bits per heavy atom. The predicted molar refractivity (Wildman–Crippen MR) is 91.6 cm³/mol. The van der Waals surface area contributed by atoms with Gasteiger partial charge in [-0.05, 0) is 18.6 Å². The number of carbonyl (C=O) groups is 1. The molecule has 0 bridgehead atoms. The molecule has 6 heteroatoms. The Labute approximate surface area is 140 Å². The third-order valence-electron chi connectivity index (χ3n) is 3.57. The van der Waals surface area contributed by atoms with Gasteiger partial charge in [-0.3, -0.25) is 13.2 Å². The zero-order chi connectivity index (χ0) is 14.9. The van der Waals surface area contributed by atoms with Gasteiger partial charge in [0.2, 0.25) is 5.91 Å². The molecule has 0 saturated carbocycles. The minimum absolute atomic E-state index is 0.0836. The highest BCUT2D eigenvalue weighted by Gasteiger charge is 2.18. The summed E-state index contributed by atoms with van der Waals surface area (Å²) in [5.41, 5.74) is 0. The van der Waals surface area contributed by atoms with E-state index >= 15 is 0 Å². The van der Waals surface area contributed by atoms with Crippen molar-refractivity contribution in [2.24, 2.45) is 0 Å². The van der Waals surface area contributed by atoms with Crippen LogP contribution in [-0.2, 0) is 4.79 Å². The highest BCUT2D eigenvalue weighted by atomic mass is 127. The van der Waals surface area contributed by atoms with E-state index < -0.39 is 0 Å². The second kappa shape index (κ2) is 9.22. The van der Waals surface area contributed by atoms with Gasteiger partial charge in [0.05, 0.1) is 36.0 Å². The van der Waals surface area contributed by atoms with Crippen LogP contribution >= 0.6 is 22.9 Å². The van der Waals surface area contributed by atoms with E-state index in [2.05, 4.69) is 13.3 Å². The summed E-state index contributed by atoms with van der Waals surface area (Å²) >= 11 is 1.89. The van der Waals surface area contributed by atoms with Crippen LogP contribution in [0.15, 0.2) is 30.3 Å². The quantitative estimate of drug-likeness (QED) is 0.426. The average molecular weight is 403 g/mol. The van der Waals surface area contributed by atoms with Crippen LogP contribution in [0.3, 0.4) is 0 Å². The number of piperazine rings is 1. The lowest BCUT2D eigenvalue weighted by atomic mass is 10.3. The molecule has 1 saturated heterocycles. The maximum Gasteiger partial charge on any atom is 0.242 e. The first-order valence-electron chi connectivity index (χ1n) is 7.30. The number of halogens is 1. The van der Waals surface area contributed by atoms with Crippen molar-refractivity contribution in [1.82, 2.24) is 13.3 Å². The van der Waals surface area contributed by atoms with Crippen molar-refractivity contribution in [2.45, 2.75) is 6.42 Å². The zero-order valence-corrected chi connectivity index (χ0v) is 14.3. The molecule has 0 atom stereocenters. The van der Waals surface area contributed by atoms with Gasteiger partial charge in [-0.1, -0.05) is 18.2 Å². The van der Waals surface area contributed by atoms with Crippen LogP contribution < -0.4 is 8.27 Å². The summed E-state index contributed by atoms with van der Waals surface area (Å²) in [6.45, 7) is 6.29. The number of nitrogens with one attached hydrogen (secondary N) is 1. The van der Waals surface area contributed by atoms with Crippen molar-refractivity contribution in [3.8, 4) is 5.75 Å². The minimum Gasteiger partial charge on any atom is -0.494 e. The molecule has 21 heavy (non-hydrogen) atoms. The molecule has 116 valence electrons. The highest BCUT2D eigenvalue weighted by molar-refractivity contribution is 14.1. The average Bonchev–Trinajstić information content (AvgIpc) is 2.54. The molecular weight excluding hydrogens is 381 g/mol. The van der Waals surface area contributed by atoms with Gasteiger partial charge < -0.3 is 9.64 Å². The molecule has 1 N–H and O–H groups in total. The number of ether oxygens (including phenoxy) is 1. The molecule has 0 unspecified atom stereocenters. The number of amides is 1. The van der Waals surface area contributed by atoms with Crippen molar-refractivity contribution in [1.29, 1.82) is 0 Å². The molecule has 1 fully saturated rings. The SMILES string of the molecule is O=C(CN1CCN(CCCOc2ccccc2)CC1)NI. The Bertz CT molecular complexity index is 422. The molecule has 0 aromatic heterocycles. The smallest absolute Gasteiger partial charge is 0.242 e. The highest BCUT2D eigenvalue weighted by Crippen LogP contribution is 2.09. The molecule has 5 nitrogen and oxygen atoms in total. The monoisotopic (exact) mass is 403 g/mol. The summed E-state index contributed by atoms with van der Waals surface area (Å²) in [6.07, 6.45) is 1.03. The maximum atomic E-state index is 11.3. The number of carbonyl (C=O) groups excluding carboxylic acids is 1. The van der Waals surface area contributed by atoms with Gasteiger partial charge in [0.15, 0.2) is 0 Å². The molecule has 1 amide bonds. The second-order valence-electron chi connectivity index (χ2n) is 5.15. The van der Waals surface area contributed by atoms with Gasteiger partial charge in [0, 0.05) is 32.7 Å². The third-order valence-corrected chi connectivity index (χ3v) is 4.17. The Hall–Kier alpha value is -0.860. The van der Waals surface area contributed by atoms with Gasteiger partial charge in [0.1, 0.15) is 5.75 Å². The van der Waals surface area contributed by atoms with Crippen LogP contribution in [0, 0.1) is 0 Å². The van der Waals surface area contributed by atoms with E-state index in [9.17, 15) is 4.79 Å². The molecule has 1 heterocycles. The fourth-order valence-corrected chi connectivity index (χ4v) is 2.57. The first-order chi connectivity index (χ1) is 10.3. The van der Waals surface area contributed by atoms with Gasteiger partial charge in [-0.25, -0.2) is 0 Å². The van der Waals surface area contributed by atoms with Gasteiger partial charge >= 0.3 is 0 Å². The lowest BCUT2D eigenvalue weighted by Gasteiger charge is -2.34. The van der Waals surface area contributed by atoms with Crippen LogP contribution in [0.4, 0.5) is 0 Å². The van der Waals surface area contributed by atoms with Crippen LogP contribution in [0.1, 0.15) is 6.42 Å². The lowest BCUT2D eigenvalue weighted by molar-refractivity contribution is -0.120. The number of para-hydroxylation sites is 1. The Kier molecular flexibility index (Phi) is 7.25. The number of benzene rings is 1. The van der Waals surface area contributed by atoms with E-state index in [-0.39, 0.29) is 5.91 Å². The first-order valence-corrected chi connectivity index (χ1v) is 8.38. The Morgan fingerprint density at radius 1 is 1.14 bits per heavy atom. The van der Waals surface area contributed by atoms with Gasteiger partial charge in [-0.2, -0.15) is 0 Å². The van der Waals surface area contributed by atoms with E-state index in [1.54, 1.807) is 0 Å². The van der Waals surface area contributed by atoms with E-state index in [0.29, 0.717) is 6.54 Å². The first kappa shape index (κ1) is 16.5. The number of nitrogens with zero attached hydrogens (tertiary/aromatic N) is 2. The van der Waals surface area contributed by atoms with Crippen molar-refractivity contribution in [3.05, 3.63) is 30.3 Å². The fourth-order valence-electron chi connectivity index (χ4n) is 2.40. The maximum absolute atomic E-state index is 11.3. The van der Waals surface area contributed by atoms with Crippen LogP contribution in [0.5, 0.6) is 5.75 Å². The summed E-state index contributed by atoms with van der Waals surface area (Å²) < 4.78 is 8.33. The molecule has 1 aromatic carbocycles.